The van der Waals surface area contributed by atoms with Crippen molar-refractivity contribution in [2.75, 3.05) is 18.4 Å². The second kappa shape index (κ2) is 9.99. The lowest BCUT2D eigenvalue weighted by Gasteiger charge is -2.17. The van der Waals surface area contributed by atoms with Gasteiger partial charge in [0.2, 0.25) is 0 Å². The van der Waals surface area contributed by atoms with Crippen molar-refractivity contribution in [2.45, 2.75) is 17.9 Å². The Hall–Kier alpha value is -3.52. The topological polar surface area (TPSA) is 93.7 Å². The minimum absolute atomic E-state index is 0.145. The minimum Gasteiger partial charge on any atom is -0.493 e. The molecule has 0 saturated heterocycles. The summed E-state index contributed by atoms with van der Waals surface area (Å²) in [6.45, 7) is 2.06. The molecule has 1 amide bonds. The van der Waals surface area contributed by atoms with Crippen molar-refractivity contribution in [3.63, 3.8) is 0 Å². The van der Waals surface area contributed by atoms with Crippen molar-refractivity contribution in [2.24, 2.45) is 0 Å². The molecule has 0 radical (unpaired) electrons. The van der Waals surface area contributed by atoms with E-state index in [0.717, 1.165) is 0 Å². The van der Waals surface area contributed by atoms with Crippen LogP contribution in [0.25, 0.3) is 0 Å². The highest BCUT2D eigenvalue weighted by molar-refractivity contribution is 7.92. The number of amides is 1. The SMILES string of the molecule is COc1ccccc1OCC(C)NC(=O)c1cccc(NS(=O)(=O)c2ccccc2)c1. The fraction of sp³-hybridized carbons (Fsp3) is 0.174. The van der Waals surface area contributed by atoms with Gasteiger partial charge in [-0.1, -0.05) is 36.4 Å². The molecular weight excluding hydrogens is 416 g/mol. The normalized spacial score (nSPS) is 11.9. The third kappa shape index (κ3) is 5.99. The van der Waals surface area contributed by atoms with Crippen LogP contribution in [0.4, 0.5) is 5.69 Å². The van der Waals surface area contributed by atoms with Crippen LogP contribution in [0.15, 0.2) is 83.8 Å². The number of ether oxygens (including phenoxy) is 2. The quantitative estimate of drug-likeness (QED) is 0.529. The molecule has 1 unspecified atom stereocenters. The van der Waals surface area contributed by atoms with Gasteiger partial charge in [-0.2, -0.15) is 0 Å². The van der Waals surface area contributed by atoms with Gasteiger partial charge in [0, 0.05) is 11.3 Å². The molecule has 3 aromatic carbocycles. The van der Waals surface area contributed by atoms with E-state index in [-0.39, 0.29) is 23.5 Å². The van der Waals surface area contributed by atoms with Gasteiger partial charge in [-0.15, -0.1) is 0 Å². The third-order valence-corrected chi connectivity index (χ3v) is 5.76. The molecule has 162 valence electrons. The summed E-state index contributed by atoms with van der Waals surface area (Å²) in [5, 5.41) is 2.84. The van der Waals surface area contributed by atoms with Crippen molar-refractivity contribution in [3.05, 3.63) is 84.4 Å². The first-order valence-electron chi connectivity index (χ1n) is 9.63. The molecule has 31 heavy (non-hydrogen) atoms. The predicted octanol–water partition coefficient (Wildman–Crippen LogP) is 3.69. The summed E-state index contributed by atoms with van der Waals surface area (Å²) in [6.07, 6.45) is 0. The van der Waals surface area contributed by atoms with E-state index in [1.165, 1.54) is 18.2 Å². The Morgan fingerprint density at radius 2 is 1.61 bits per heavy atom. The third-order valence-electron chi connectivity index (χ3n) is 4.37. The highest BCUT2D eigenvalue weighted by Crippen LogP contribution is 2.25. The van der Waals surface area contributed by atoms with Crippen LogP contribution >= 0.6 is 0 Å². The Labute approximate surface area is 182 Å². The van der Waals surface area contributed by atoms with Crippen LogP contribution in [0, 0.1) is 0 Å². The minimum atomic E-state index is -3.74. The van der Waals surface area contributed by atoms with Crippen LogP contribution in [-0.4, -0.2) is 34.1 Å². The zero-order chi connectivity index (χ0) is 22.3. The predicted molar refractivity (Wildman–Crippen MR) is 119 cm³/mol. The van der Waals surface area contributed by atoms with Crippen LogP contribution in [0.1, 0.15) is 17.3 Å². The number of hydrogen-bond donors (Lipinski definition) is 2. The monoisotopic (exact) mass is 440 g/mol. The maximum atomic E-state index is 12.6. The van der Waals surface area contributed by atoms with E-state index >= 15 is 0 Å². The number of carbonyl (C=O) groups is 1. The highest BCUT2D eigenvalue weighted by atomic mass is 32.2. The number of anilines is 1. The first-order valence-corrected chi connectivity index (χ1v) is 11.1. The number of rotatable bonds is 9. The first kappa shape index (κ1) is 22.2. The second-order valence-corrected chi connectivity index (χ2v) is 8.52. The summed E-state index contributed by atoms with van der Waals surface area (Å²) in [7, 11) is -2.18. The molecule has 3 rings (SSSR count). The zero-order valence-corrected chi connectivity index (χ0v) is 18.1. The fourth-order valence-electron chi connectivity index (χ4n) is 2.84. The lowest BCUT2D eigenvalue weighted by atomic mass is 10.2. The van der Waals surface area contributed by atoms with Crippen LogP contribution in [0.2, 0.25) is 0 Å². The van der Waals surface area contributed by atoms with E-state index < -0.39 is 10.0 Å². The van der Waals surface area contributed by atoms with Crippen LogP contribution in [-0.2, 0) is 10.0 Å². The number of hydrogen-bond acceptors (Lipinski definition) is 5. The summed E-state index contributed by atoms with van der Waals surface area (Å²) in [6, 6.07) is 21.3. The Balaban J connectivity index is 1.62. The zero-order valence-electron chi connectivity index (χ0n) is 17.2. The Morgan fingerprint density at radius 1 is 0.935 bits per heavy atom. The second-order valence-electron chi connectivity index (χ2n) is 6.84. The number of para-hydroxylation sites is 2. The molecule has 0 saturated carbocycles. The molecule has 0 fully saturated rings. The van der Waals surface area contributed by atoms with Gasteiger partial charge in [-0.25, -0.2) is 8.42 Å². The summed E-state index contributed by atoms with van der Waals surface area (Å²) in [4.78, 5) is 12.8. The molecule has 7 nitrogen and oxygen atoms in total. The molecule has 0 bridgehead atoms. The van der Waals surface area contributed by atoms with Gasteiger partial charge < -0.3 is 14.8 Å². The molecule has 0 spiro atoms. The molecule has 1 atom stereocenters. The summed E-state index contributed by atoms with van der Waals surface area (Å²) in [5.41, 5.74) is 0.631. The molecular formula is C23H24N2O5S. The fourth-order valence-corrected chi connectivity index (χ4v) is 3.91. The number of carbonyl (C=O) groups excluding carboxylic acids is 1. The molecule has 2 N–H and O–H groups in total. The molecule has 8 heteroatoms. The summed E-state index contributed by atoms with van der Waals surface area (Å²) < 4.78 is 38.5. The number of methoxy groups -OCH3 is 1. The van der Waals surface area contributed by atoms with Crippen molar-refractivity contribution < 1.29 is 22.7 Å². The van der Waals surface area contributed by atoms with Gasteiger partial charge in [0.1, 0.15) is 6.61 Å². The van der Waals surface area contributed by atoms with E-state index in [1.807, 2.05) is 19.1 Å². The van der Waals surface area contributed by atoms with Crippen LogP contribution < -0.4 is 19.5 Å². The van der Waals surface area contributed by atoms with Crippen LogP contribution in [0.5, 0.6) is 11.5 Å². The largest absolute Gasteiger partial charge is 0.493 e. The van der Waals surface area contributed by atoms with Crippen molar-refractivity contribution >= 4 is 21.6 Å². The number of sulfonamides is 1. The number of benzene rings is 3. The van der Waals surface area contributed by atoms with E-state index in [0.29, 0.717) is 22.7 Å². The Bertz CT molecular complexity index is 1130. The van der Waals surface area contributed by atoms with Crippen molar-refractivity contribution in [1.82, 2.24) is 5.32 Å². The molecule has 0 heterocycles. The summed E-state index contributed by atoms with van der Waals surface area (Å²) >= 11 is 0. The smallest absolute Gasteiger partial charge is 0.261 e. The Kier molecular flexibility index (Phi) is 7.15. The van der Waals surface area contributed by atoms with E-state index in [2.05, 4.69) is 10.0 Å². The Morgan fingerprint density at radius 3 is 2.32 bits per heavy atom. The maximum Gasteiger partial charge on any atom is 0.261 e. The average molecular weight is 441 g/mol. The molecule has 0 aliphatic heterocycles. The standard InChI is InChI=1S/C23H24N2O5S/c1-17(16-30-22-14-7-6-13-21(22)29-2)24-23(26)18-9-8-10-19(15-18)25-31(27,28)20-11-4-3-5-12-20/h3-15,17,25H,16H2,1-2H3,(H,24,26). The van der Waals surface area contributed by atoms with Crippen molar-refractivity contribution in [3.8, 4) is 11.5 Å². The molecule has 0 aliphatic carbocycles. The molecule has 0 aromatic heterocycles. The summed E-state index contributed by atoms with van der Waals surface area (Å²) in [5.74, 6) is 0.861. The van der Waals surface area contributed by atoms with Gasteiger partial charge in [0.05, 0.1) is 18.0 Å². The van der Waals surface area contributed by atoms with Gasteiger partial charge in [0.25, 0.3) is 15.9 Å². The van der Waals surface area contributed by atoms with Gasteiger partial charge in [-0.3, -0.25) is 9.52 Å². The average Bonchev–Trinajstić information content (AvgIpc) is 2.78. The lowest BCUT2D eigenvalue weighted by Crippen LogP contribution is -2.36. The van der Waals surface area contributed by atoms with Crippen LogP contribution in [0.3, 0.4) is 0 Å². The van der Waals surface area contributed by atoms with Gasteiger partial charge >= 0.3 is 0 Å². The first-order chi connectivity index (χ1) is 14.9. The van der Waals surface area contributed by atoms with E-state index in [9.17, 15) is 13.2 Å². The molecule has 3 aromatic rings. The number of nitrogens with one attached hydrogen (secondary N) is 2. The maximum absolute atomic E-state index is 12.6. The molecule has 0 aliphatic rings. The lowest BCUT2D eigenvalue weighted by molar-refractivity contribution is 0.0926. The van der Waals surface area contributed by atoms with E-state index in [4.69, 9.17) is 9.47 Å². The highest BCUT2D eigenvalue weighted by Gasteiger charge is 2.16. The van der Waals surface area contributed by atoms with Gasteiger partial charge in [-0.05, 0) is 49.4 Å². The van der Waals surface area contributed by atoms with Crippen molar-refractivity contribution in [1.29, 1.82) is 0 Å². The van der Waals surface area contributed by atoms with E-state index in [1.54, 1.807) is 55.6 Å². The van der Waals surface area contributed by atoms with Gasteiger partial charge in [0.15, 0.2) is 11.5 Å².